The van der Waals surface area contributed by atoms with Gasteiger partial charge in [0.2, 0.25) is 5.91 Å². The molecule has 6 rings (SSSR count). The molecule has 11 heteroatoms. The van der Waals surface area contributed by atoms with Crippen molar-refractivity contribution in [3.63, 3.8) is 0 Å². The highest BCUT2D eigenvalue weighted by molar-refractivity contribution is 14.1. The van der Waals surface area contributed by atoms with Crippen molar-refractivity contribution in [1.82, 2.24) is 4.90 Å². The van der Waals surface area contributed by atoms with Crippen LogP contribution in [0.4, 0.5) is 0 Å². The molecule has 2 bridgehead atoms. The fourth-order valence-electron chi connectivity index (χ4n) is 6.89. The lowest BCUT2D eigenvalue weighted by molar-refractivity contribution is -1.08. The summed E-state index contributed by atoms with van der Waals surface area (Å²) in [6.07, 6.45) is -0.832. The topological polar surface area (TPSA) is 130 Å². The molecule has 3 unspecified atom stereocenters. The number of aliphatic hydroxyl groups is 1. The molecule has 5 heterocycles. The van der Waals surface area contributed by atoms with Gasteiger partial charge in [0.05, 0.1) is 21.6 Å². The number of nitrogens with two attached hydrogens (primary N) is 1. The minimum atomic E-state index is -1.15. The molecular formula is C26H35IN4O6+2. The van der Waals surface area contributed by atoms with Crippen molar-refractivity contribution in [3.8, 4) is 5.75 Å². The molecule has 0 spiro atoms. The number of ether oxygens (including phenoxy) is 1. The molecule has 0 aromatic heterocycles. The molecular weight excluding hydrogens is 591 g/mol. The number of hydrogen-bond donors (Lipinski definition) is 3. The van der Waals surface area contributed by atoms with E-state index >= 15 is 0 Å². The number of quaternary nitrogens is 2. The first-order valence-corrected chi connectivity index (χ1v) is 13.9. The monoisotopic (exact) mass is 626 g/mol. The molecule has 1 aromatic rings. The van der Waals surface area contributed by atoms with E-state index in [0.717, 1.165) is 58.3 Å². The highest BCUT2D eigenvalue weighted by atomic mass is 127. The third-order valence-electron chi connectivity index (χ3n) is 9.09. The van der Waals surface area contributed by atoms with Crippen molar-refractivity contribution in [3.05, 3.63) is 38.6 Å². The summed E-state index contributed by atoms with van der Waals surface area (Å²) in [5.41, 5.74) is 7.26. The van der Waals surface area contributed by atoms with Crippen LogP contribution >= 0.6 is 22.6 Å². The number of benzene rings is 1. The van der Waals surface area contributed by atoms with E-state index in [1.165, 1.54) is 10.5 Å². The summed E-state index contributed by atoms with van der Waals surface area (Å²) in [4.78, 5) is 37.5. The Kier molecular flexibility index (Phi) is 6.78. The van der Waals surface area contributed by atoms with Gasteiger partial charge in [0.15, 0.2) is 6.54 Å². The van der Waals surface area contributed by atoms with E-state index in [1.54, 1.807) is 6.92 Å². The van der Waals surface area contributed by atoms with Crippen molar-refractivity contribution < 1.29 is 38.3 Å². The maximum Gasteiger partial charge on any atom is 0.352 e. The van der Waals surface area contributed by atoms with Gasteiger partial charge in [-0.3, -0.25) is 9.59 Å². The van der Waals surface area contributed by atoms with E-state index in [4.69, 9.17) is 10.5 Å². The van der Waals surface area contributed by atoms with Crippen LogP contribution in [0, 0.1) is 15.4 Å². The Bertz CT molecular complexity index is 1160. The molecule has 4 fully saturated rings. The van der Waals surface area contributed by atoms with Gasteiger partial charge in [0.25, 0.3) is 5.91 Å². The van der Waals surface area contributed by atoms with Gasteiger partial charge in [-0.2, -0.15) is 0 Å². The van der Waals surface area contributed by atoms with Crippen molar-refractivity contribution in [2.45, 2.75) is 32.5 Å². The molecule has 37 heavy (non-hydrogen) atoms. The molecule has 200 valence electrons. The number of aliphatic hydroxyl groups excluding tert-OH is 1. The zero-order valence-electron chi connectivity index (χ0n) is 21.2. The zero-order chi connectivity index (χ0) is 26.7. The molecule has 4 N–H and O–H groups in total. The number of amides is 2. The molecule has 0 saturated carbocycles. The van der Waals surface area contributed by atoms with Crippen molar-refractivity contribution >= 4 is 40.4 Å². The van der Waals surface area contributed by atoms with Crippen molar-refractivity contribution in [2.24, 2.45) is 17.6 Å². The van der Waals surface area contributed by atoms with Gasteiger partial charge < -0.3 is 34.5 Å². The predicted octanol–water partition coefficient (Wildman–Crippen LogP) is 0.512. The molecule has 0 aliphatic carbocycles. The molecule has 4 atom stereocenters. The summed E-state index contributed by atoms with van der Waals surface area (Å²) in [7, 11) is 0. The van der Waals surface area contributed by atoms with Crippen LogP contribution in [0.15, 0.2) is 29.5 Å². The Morgan fingerprint density at radius 3 is 2.38 bits per heavy atom. The van der Waals surface area contributed by atoms with Gasteiger partial charge >= 0.3 is 5.97 Å². The first-order chi connectivity index (χ1) is 17.5. The van der Waals surface area contributed by atoms with Crippen LogP contribution in [0.25, 0.3) is 0 Å². The molecule has 2 amide bonds. The van der Waals surface area contributed by atoms with Gasteiger partial charge in [-0.05, 0) is 35.6 Å². The molecule has 4 saturated heterocycles. The van der Waals surface area contributed by atoms with Gasteiger partial charge in [-0.15, -0.1) is 0 Å². The van der Waals surface area contributed by atoms with Crippen LogP contribution in [0.3, 0.4) is 0 Å². The lowest BCUT2D eigenvalue weighted by Crippen LogP contribution is -2.75. The van der Waals surface area contributed by atoms with Crippen LogP contribution in [-0.2, 0) is 20.9 Å². The van der Waals surface area contributed by atoms with Crippen LogP contribution in [0.2, 0.25) is 0 Å². The van der Waals surface area contributed by atoms with E-state index in [2.05, 4.69) is 28.7 Å². The van der Waals surface area contributed by atoms with E-state index in [1.807, 2.05) is 19.1 Å². The van der Waals surface area contributed by atoms with E-state index in [9.17, 15) is 24.6 Å². The standard InChI is InChI=1S/C26H33IN4O6/c1-15-18(24(26(35)36)29-23(15)21(16(2)32)25(29)34)14-37-19-5-3-4-17(22(19)27)12-30-6-9-31(10-7-30,11-8-30)13-20(28)33/h3-5,15-16,21,23,32H,6-14H2,1-2H3,(H-2,28,33,35,36)/p+2/t15-,16?,21?,23?,30?,31?/m0/s1. The van der Waals surface area contributed by atoms with Gasteiger partial charge in [-0.25, -0.2) is 4.79 Å². The van der Waals surface area contributed by atoms with Crippen molar-refractivity contribution in [2.75, 3.05) is 52.4 Å². The summed E-state index contributed by atoms with van der Waals surface area (Å²) >= 11 is 2.31. The summed E-state index contributed by atoms with van der Waals surface area (Å²) in [5, 5.41) is 19.9. The van der Waals surface area contributed by atoms with E-state index in [-0.39, 0.29) is 36.1 Å². The molecule has 5 aliphatic heterocycles. The second-order valence-corrected chi connectivity index (χ2v) is 12.3. The predicted molar refractivity (Wildman–Crippen MR) is 142 cm³/mol. The molecule has 5 aliphatic rings. The normalized spacial score (nSPS) is 33.2. The second kappa shape index (κ2) is 9.51. The van der Waals surface area contributed by atoms with E-state index in [0.29, 0.717) is 17.9 Å². The minimum absolute atomic E-state index is 0.0110. The summed E-state index contributed by atoms with van der Waals surface area (Å²) in [5.74, 6) is -1.83. The minimum Gasteiger partial charge on any atom is -0.488 e. The number of carbonyl (C=O) groups excluding carboxylic acids is 2. The number of primary amides is 1. The van der Waals surface area contributed by atoms with Crippen LogP contribution in [-0.4, -0.2) is 106 Å². The van der Waals surface area contributed by atoms with Gasteiger partial charge in [0, 0.05) is 17.1 Å². The largest absolute Gasteiger partial charge is 0.488 e. The fraction of sp³-hybridized carbons (Fsp3) is 0.577. The first-order valence-electron chi connectivity index (χ1n) is 12.8. The quantitative estimate of drug-likeness (QED) is 0.208. The second-order valence-electron chi connectivity index (χ2n) is 11.3. The number of rotatable bonds is 9. The maximum absolute atomic E-state index is 12.6. The summed E-state index contributed by atoms with van der Waals surface area (Å²) in [6, 6.07) is 5.63. The number of carboxylic acid groups (broad SMARTS) is 1. The smallest absolute Gasteiger partial charge is 0.352 e. The number of carbonyl (C=O) groups is 3. The SMILES string of the molecule is CC(O)C1C(=O)N2C(C(=O)O)=C(COc3cccc(C[N+]45CC[N+](CC(N)=O)(CC4)CC5)c3I)[C@H](C)C12. The Balaban J connectivity index is 1.30. The lowest BCUT2D eigenvalue weighted by Gasteiger charge is -2.55. The van der Waals surface area contributed by atoms with Gasteiger partial charge in [-0.1, -0.05) is 19.1 Å². The molecule has 10 nitrogen and oxygen atoms in total. The average Bonchev–Trinajstić information content (AvgIpc) is 3.08. The van der Waals surface area contributed by atoms with E-state index < -0.39 is 18.0 Å². The number of β-lactam (4-membered cyclic amide) rings is 1. The zero-order valence-corrected chi connectivity index (χ0v) is 23.4. The summed E-state index contributed by atoms with van der Waals surface area (Å²) in [6.45, 7) is 10.8. The third kappa shape index (κ3) is 4.43. The third-order valence-corrected chi connectivity index (χ3v) is 10.3. The Hall–Kier alpha value is -2.22. The Labute approximate surface area is 230 Å². The Morgan fingerprint density at radius 1 is 1.19 bits per heavy atom. The fourth-order valence-corrected chi connectivity index (χ4v) is 7.58. The van der Waals surface area contributed by atoms with Gasteiger partial charge in [0.1, 0.15) is 63.9 Å². The number of piperazine rings is 3. The van der Waals surface area contributed by atoms with Crippen LogP contribution in [0.5, 0.6) is 5.75 Å². The molecule has 1 aromatic carbocycles. The number of carboxylic acids is 1. The Morgan fingerprint density at radius 2 is 1.81 bits per heavy atom. The molecule has 0 radical (unpaired) electrons. The van der Waals surface area contributed by atoms with Crippen LogP contribution < -0.4 is 10.5 Å². The number of hydrogen-bond acceptors (Lipinski definition) is 5. The van der Waals surface area contributed by atoms with Crippen molar-refractivity contribution in [1.29, 1.82) is 0 Å². The number of nitrogens with zero attached hydrogens (tertiary/aromatic N) is 3. The highest BCUT2D eigenvalue weighted by Gasteiger charge is 2.60. The number of aliphatic carboxylic acids is 1. The number of halogens is 1. The average molecular weight is 626 g/mol. The summed E-state index contributed by atoms with van der Waals surface area (Å²) < 4.78 is 9.01. The first kappa shape index (κ1) is 26.4. The number of fused-ring (bicyclic) bond motifs is 4. The lowest BCUT2D eigenvalue weighted by atomic mass is 9.78. The maximum atomic E-state index is 12.6. The highest BCUT2D eigenvalue weighted by Crippen LogP contribution is 2.47. The van der Waals surface area contributed by atoms with Crippen LogP contribution in [0.1, 0.15) is 19.4 Å².